The van der Waals surface area contributed by atoms with Gasteiger partial charge in [-0.2, -0.15) is 0 Å². The second-order valence-electron chi connectivity index (χ2n) is 12.9. The molecule has 0 aliphatic heterocycles. The SMILES string of the molecule is Cc1c(Br)cc([C@]2(C)CC[C@@H]3CC32C)c(O)c1-c1c(C)c(Br)cc([C@@]2(C)CC[C@H]3C[C@]32C)c1O. The molecule has 34 heavy (non-hydrogen) atoms. The molecule has 0 amide bonds. The summed E-state index contributed by atoms with van der Waals surface area (Å²) in [6.45, 7) is 13.6. The van der Waals surface area contributed by atoms with E-state index in [1.54, 1.807) is 0 Å². The maximum Gasteiger partial charge on any atom is 0.127 e. The molecule has 0 spiro atoms. The van der Waals surface area contributed by atoms with Crippen LogP contribution < -0.4 is 0 Å². The van der Waals surface area contributed by atoms with Crippen molar-refractivity contribution in [1.82, 2.24) is 0 Å². The second kappa shape index (κ2) is 6.85. The molecule has 2 aromatic rings. The van der Waals surface area contributed by atoms with Crippen molar-refractivity contribution < 1.29 is 10.2 Å². The zero-order valence-corrected chi connectivity index (χ0v) is 24.4. The van der Waals surface area contributed by atoms with Crippen molar-refractivity contribution in [3.05, 3.63) is 43.3 Å². The van der Waals surface area contributed by atoms with E-state index in [1.165, 1.54) is 25.7 Å². The van der Waals surface area contributed by atoms with Crippen LogP contribution >= 0.6 is 31.9 Å². The Bertz CT molecular complexity index is 1170. The van der Waals surface area contributed by atoms with Gasteiger partial charge in [0.2, 0.25) is 0 Å². The molecule has 6 rings (SSSR count). The number of aromatic hydroxyl groups is 2. The normalized spacial score (nSPS) is 39.8. The Morgan fingerprint density at radius 3 is 1.32 bits per heavy atom. The average molecular weight is 588 g/mol. The summed E-state index contributed by atoms with van der Waals surface area (Å²) in [5, 5.41) is 23.9. The Labute approximate surface area is 220 Å². The predicted octanol–water partition coefficient (Wildman–Crippen LogP) is 9.06. The third-order valence-electron chi connectivity index (χ3n) is 11.8. The largest absolute Gasteiger partial charge is 0.507 e. The minimum Gasteiger partial charge on any atom is -0.507 e. The number of phenols is 2. The van der Waals surface area contributed by atoms with Gasteiger partial charge in [-0.3, -0.25) is 0 Å². The van der Waals surface area contributed by atoms with Crippen LogP contribution in [0.15, 0.2) is 21.1 Å². The quantitative estimate of drug-likeness (QED) is 0.376. The lowest BCUT2D eigenvalue weighted by Gasteiger charge is -2.37. The molecule has 4 aliphatic rings. The molecule has 4 saturated carbocycles. The lowest BCUT2D eigenvalue weighted by Crippen LogP contribution is -2.30. The molecule has 0 radical (unpaired) electrons. The van der Waals surface area contributed by atoms with E-state index in [4.69, 9.17) is 0 Å². The van der Waals surface area contributed by atoms with Crippen LogP contribution in [0, 0.1) is 36.5 Å². The molecule has 4 aliphatic carbocycles. The third kappa shape index (κ3) is 2.63. The fraction of sp³-hybridized carbons (Fsp3) is 0.600. The van der Waals surface area contributed by atoms with Gasteiger partial charge in [-0.15, -0.1) is 0 Å². The summed E-state index contributed by atoms with van der Waals surface area (Å²) in [6, 6.07) is 4.30. The number of hydrogen-bond acceptors (Lipinski definition) is 2. The van der Waals surface area contributed by atoms with Gasteiger partial charge in [-0.1, -0.05) is 59.6 Å². The summed E-state index contributed by atoms with van der Waals surface area (Å²) in [5.41, 5.74) is 5.99. The van der Waals surface area contributed by atoms with Crippen molar-refractivity contribution in [3.63, 3.8) is 0 Å². The fourth-order valence-corrected chi connectivity index (χ4v) is 9.26. The highest BCUT2D eigenvalue weighted by Crippen LogP contribution is 2.75. The maximum absolute atomic E-state index is 11.9. The Balaban J connectivity index is 1.61. The van der Waals surface area contributed by atoms with E-state index in [-0.39, 0.29) is 21.7 Å². The molecular formula is C30H36Br2O2. The van der Waals surface area contributed by atoms with Crippen LogP contribution in [0.5, 0.6) is 11.5 Å². The molecule has 2 aromatic carbocycles. The molecule has 182 valence electrons. The number of phenolic OH excluding ortho intramolecular Hbond substituents is 2. The molecule has 0 aromatic heterocycles. The lowest BCUT2D eigenvalue weighted by atomic mass is 9.68. The first-order chi connectivity index (χ1) is 15.8. The van der Waals surface area contributed by atoms with Crippen molar-refractivity contribution in [2.24, 2.45) is 22.7 Å². The van der Waals surface area contributed by atoms with Crippen LogP contribution in [0.4, 0.5) is 0 Å². The van der Waals surface area contributed by atoms with Crippen molar-refractivity contribution in [2.75, 3.05) is 0 Å². The fourth-order valence-electron chi connectivity index (χ4n) is 8.40. The zero-order valence-electron chi connectivity index (χ0n) is 21.2. The number of hydrogen-bond donors (Lipinski definition) is 2. The molecule has 0 saturated heterocycles. The number of benzene rings is 2. The lowest BCUT2D eigenvalue weighted by molar-refractivity contribution is 0.298. The number of halogens is 2. The topological polar surface area (TPSA) is 40.5 Å². The first kappa shape index (κ1) is 23.4. The smallest absolute Gasteiger partial charge is 0.127 e. The van der Waals surface area contributed by atoms with Gasteiger partial charge >= 0.3 is 0 Å². The van der Waals surface area contributed by atoms with E-state index in [0.29, 0.717) is 11.5 Å². The summed E-state index contributed by atoms with van der Waals surface area (Å²) < 4.78 is 2.01. The van der Waals surface area contributed by atoms with E-state index < -0.39 is 0 Å². The van der Waals surface area contributed by atoms with Crippen LogP contribution in [-0.2, 0) is 10.8 Å². The standard InChI is InChI=1S/C30H36Br2O2/c1-15-21(31)11-19(27(3)9-7-17-13-29(17,27)5)25(33)23(15)24-16(2)22(32)12-20(26(24)34)28(4)10-8-18-14-30(18,28)6/h11-12,17-18,33-34H,7-10,13-14H2,1-6H3/t17-,18+,27+,28-,29+,30?/m0/s1. The molecule has 0 heterocycles. The van der Waals surface area contributed by atoms with Gasteiger partial charge in [0.1, 0.15) is 11.5 Å². The van der Waals surface area contributed by atoms with Gasteiger partial charge in [0, 0.05) is 42.0 Å². The molecule has 4 heteroatoms. The number of rotatable bonds is 3. The highest BCUT2D eigenvalue weighted by molar-refractivity contribution is 9.10. The zero-order chi connectivity index (χ0) is 24.6. The van der Waals surface area contributed by atoms with E-state index in [9.17, 15) is 10.2 Å². The minimum atomic E-state index is -0.0583. The molecule has 0 bridgehead atoms. The van der Waals surface area contributed by atoms with Crippen LogP contribution in [0.2, 0.25) is 0 Å². The average Bonchev–Trinajstić information content (AvgIpc) is 3.61. The van der Waals surface area contributed by atoms with E-state index >= 15 is 0 Å². The van der Waals surface area contributed by atoms with Crippen molar-refractivity contribution in [3.8, 4) is 22.6 Å². The van der Waals surface area contributed by atoms with E-state index in [0.717, 1.165) is 67.0 Å². The third-order valence-corrected chi connectivity index (χ3v) is 13.4. The molecule has 1 unspecified atom stereocenters. The summed E-state index contributed by atoms with van der Waals surface area (Å²) >= 11 is 7.67. The molecular weight excluding hydrogens is 552 g/mol. The minimum absolute atomic E-state index is 0.0583. The van der Waals surface area contributed by atoms with Gasteiger partial charge in [0.05, 0.1) is 0 Å². The Morgan fingerprint density at radius 2 is 1.06 bits per heavy atom. The van der Waals surface area contributed by atoms with E-state index in [1.807, 2.05) is 0 Å². The molecule has 6 atom stereocenters. The maximum atomic E-state index is 11.9. The number of fused-ring (bicyclic) bond motifs is 2. The van der Waals surface area contributed by atoms with Gasteiger partial charge in [-0.05, 0) is 98.3 Å². The van der Waals surface area contributed by atoms with Crippen LogP contribution in [0.25, 0.3) is 11.1 Å². The van der Waals surface area contributed by atoms with Crippen molar-refractivity contribution in [2.45, 2.75) is 90.9 Å². The highest BCUT2D eigenvalue weighted by Gasteiger charge is 2.67. The van der Waals surface area contributed by atoms with Crippen LogP contribution in [0.3, 0.4) is 0 Å². The summed E-state index contributed by atoms with van der Waals surface area (Å²) in [5.74, 6) is 2.24. The molecule has 2 nitrogen and oxygen atoms in total. The summed E-state index contributed by atoms with van der Waals surface area (Å²) in [4.78, 5) is 0. The Hall–Kier alpha value is -1.00. The highest BCUT2D eigenvalue weighted by atomic mass is 79.9. The second-order valence-corrected chi connectivity index (χ2v) is 14.6. The van der Waals surface area contributed by atoms with Crippen molar-refractivity contribution in [1.29, 1.82) is 0 Å². The van der Waals surface area contributed by atoms with E-state index in [2.05, 4.69) is 85.5 Å². The molecule has 2 N–H and O–H groups in total. The van der Waals surface area contributed by atoms with Gasteiger partial charge in [0.15, 0.2) is 0 Å². The van der Waals surface area contributed by atoms with Crippen LogP contribution in [-0.4, -0.2) is 10.2 Å². The molecule has 4 fully saturated rings. The van der Waals surface area contributed by atoms with Crippen LogP contribution in [0.1, 0.15) is 88.5 Å². The Kier molecular flexibility index (Phi) is 4.72. The predicted molar refractivity (Wildman–Crippen MR) is 146 cm³/mol. The summed E-state index contributed by atoms with van der Waals surface area (Å²) in [7, 11) is 0. The van der Waals surface area contributed by atoms with Gasteiger partial charge in [-0.25, -0.2) is 0 Å². The Morgan fingerprint density at radius 1 is 0.706 bits per heavy atom. The first-order valence-electron chi connectivity index (χ1n) is 12.9. The van der Waals surface area contributed by atoms with Gasteiger partial charge < -0.3 is 10.2 Å². The van der Waals surface area contributed by atoms with Crippen molar-refractivity contribution >= 4 is 31.9 Å². The monoisotopic (exact) mass is 586 g/mol. The summed E-state index contributed by atoms with van der Waals surface area (Å²) in [6.07, 6.45) is 7.15. The van der Waals surface area contributed by atoms with Gasteiger partial charge in [0.25, 0.3) is 0 Å². The first-order valence-corrected chi connectivity index (χ1v) is 14.4.